The average Bonchev–Trinajstić information content (AvgIpc) is 2.12. The molecule has 2 rings (SSSR count). The number of benzene rings is 1. The maximum absolute atomic E-state index is 9.54. The van der Waals surface area contributed by atoms with Crippen molar-refractivity contribution in [2.75, 3.05) is 0 Å². The number of hydrogen-bond donors (Lipinski definition) is 3. The van der Waals surface area contributed by atoms with Gasteiger partial charge in [-0.15, -0.1) is 50.9 Å². The van der Waals surface area contributed by atoms with E-state index in [1.54, 1.807) is 0 Å². The Kier molecular flexibility index (Phi) is 8.74. The van der Waals surface area contributed by atoms with E-state index >= 15 is 0 Å². The number of phenolic OH excluding ortho intramolecular Hbond substituents is 2. The van der Waals surface area contributed by atoms with Crippen LogP contribution in [-0.2, 0) is 12.8 Å². The fraction of sp³-hybridized carbons (Fsp3) is 0.400. The van der Waals surface area contributed by atoms with Gasteiger partial charge in [-0.25, -0.2) is 0 Å². The molecule has 4 N–H and O–H groups in total. The third kappa shape index (κ3) is 3.61. The Balaban J connectivity index is 0. The van der Waals surface area contributed by atoms with Gasteiger partial charge in [0.05, 0.1) is 0 Å². The lowest BCUT2D eigenvalue weighted by Gasteiger charge is -2.22. The highest BCUT2D eigenvalue weighted by Gasteiger charge is 2.19. The molecule has 0 heterocycles. The third-order valence-electron chi connectivity index (χ3n) is 2.61. The van der Waals surface area contributed by atoms with Gasteiger partial charge in [0.15, 0.2) is 11.5 Å². The second-order valence-corrected chi connectivity index (χ2v) is 3.57. The van der Waals surface area contributed by atoms with Crippen molar-refractivity contribution in [3.63, 3.8) is 0 Å². The van der Waals surface area contributed by atoms with Crippen LogP contribution >= 0.6 is 50.9 Å². The monoisotopic (exact) mass is 419 g/mol. The van der Waals surface area contributed by atoms with Gasteiger partial charge in [-0.1, -0.05) is 6.07 Å². The van der Waals surface area contributed by atoms with Gasteiger partial charge in [-0.2, -0.15) is 0 Å². The van der Waals surface area contributed by atoms with Crippen molar-refractivity contribution in [1.82, 2.24) is 0 Å². The van der Waals surface area contributed by atoms with Gasteiger partial charge in [0, 0.05) is 11.6 Å². The largest absolute Gasteiger partial charge is 0.504 e. The van der Waals surface area contributed by atoms with Gasteiger partial charge >= 0.3 is 0 Å². The molecule has 94 valence electrons. The molecule has 1 aromatic carbocycles. The molecule has 0 aromatic heterocycles. The first-order valence-corrected chi connectivity index (χ1v) is 4.46. The average molecular weight is 422 g/mol. The first-order valence-electron chi connectivity index (χ1n) is 4.46. The number of aromatic hydroxyl groups is 2. The van der Waals surface area contributed by atoms with Crippen LogP contribution in [0.2, 0.25) is 0 Å². The molecular formula is C10H16Br3NO2. The normalized spacial score (nSPS) is 17.2. The van der Waals surface area contributed by atoms with Crippen LogP contribution in [-0.4, -0.2) is 16.3 Å². The Bertz CT molecular complexity index is 347. The van der Waals surface area contributed by atoms with Crippen LogP contribution in [0.25, 0.3) is 0 Å². The Morgan fingerprint density at radius 3 is 2.38 bits per heavy atom. The summed E-state index contributed by atoms with van der Waals surface area (Å²) >= 11 is 0. The molecule has 0 aliphatic heterocycles. The summed E-state index contributed by atoms with van der Waals surface area (Å²) in [5.74, 6) is -0.00128. The van der Waals surface area contributed by atoms with E-state index in [1.807, 2.05) is 6.07 Å². The van der Waals surface area contributed by atoms with Crippen molar-refractivity contribution in [3.05, 3.63) is 23.3 Å². The van der Waals surface area contributed by atoms with E-state index in [1.165, 1.54) is 6.07 Å². The molecule has 1 unspecified atom stereocenters. The van der Waals surface area contributed by atoms with E-state index in [0.717, 1.165) is 30.4 Å². The molecule has 0 amide bonds. The van der Waals surface area contributed by atoms with Gasteiger partial charge < -0.3 is 15.9 Å². The number of fused-ring (bicyclic) bond motifs is 1. The van der Waals surface area contributed by atoms with Crippen molar-refractivity contribution in [1.29, 1.82) is 0 Å². The van der Waals surface area contributed by atoms with Gasteiger partial charge in [-0.3, -0.25) is 0 Å². The van der Waals surface area contributed by atoms with Crippen molar-refractivity contribution in [2.45, 2.75) is 25.3 Å². The molecule has 0 bridgehead atoms. The van der Waals surface area contributed by atoms with E-state index in [4.69, 9.17) is 5.73 Å². The highest BCUT2D eigenvalue weighted by atomic mass is 79.9. The lowest BCUT2D eigenvalue weighted by atomic mass is 9.88. The van der Waals surface area contributed by atoms with Gasteiger partial charge in [0.2, 0.25) is 0 Å². The lowest BCUT2D eigenvalue weighted by Crippen LogP contribution is -2.27. The Morgan fingerprint density at radius 1 is 1.12 bits per heavy atom. The molecule has 1 atom stereocenters. The lowest BCUT2D eigenvalue weighted by molar-refractivity contribution is 0.394. The van der Waals surface area contributed by atoms with Crippen LogP contribution in [0.1, 0.15) is 17.5 Å². The summed E-state index contributed by atoms with van der Waals surface area (Å²) in [6.45, 7) is 0. The number of halogens is 3. The minimum Gasteiger partial charge on any atom is -0.504 e. The summed E-state index contributed by atoms with van der Waals surface area (Å²) in [6.07, 6.45) is 2.43. The van der Waals surface area contributed by atoms with Crippen LogP contribution in [0.3, 0.4) is 0 Å². The summed E-state index contributed by atoms with van der Waals surface area (Å²) in [5, 5.41) is 18.8. The quantitative estimate of drug-likeness (QED) is 0.564. The summed E-state index contributed by atoms with van der Waals surface area (Å²) in [5.41, 5.74) is 7.72. The molecule has 1 aromatic rings. The third-order valence-corrected chi connectivity index (χ3v) is 2.61. The molecular weight excluding hydrogens is 406 g/mol. The van der Waals surface area contributed by atoms with Crippen molar-refractivity contribution >= 4 is 50.9 Å². The van der Waals surface area contributed by atoms with E-state index in [2.05, 4.69) is 0 Å². The highest BCUT2D eigenvalue weighted by Crippen LogP contribution is 2.35. The van der Waals surface area contributed by atoms with Gasteiger partial charge in [0.1, 0.15) is 0 Å². The zero-order valence-electron chi connectivity index (χ0n) is 8.55. The summed E-state index contributed by atoms with van der Waals surface area (Å²) in [7, 11) is 0. The number of rotatable bonds is 0. The van der Waals surface area contributed by atoms with Crippen molar-refractivity contribution in [3.8, 4) is 11.5 Å². The molecule has 6 heteroatoms. The van der Waals surface area contributed by atoms with E-state index < -0.39 is 0 Å². The molecule has 16 heavy (non-hydrogen) atoms. The second-order valence-electron chi connectivity index (χ2n) is 3.57. The predicted molar refractivity (Wildman–Crippen MR) is 80.7 cm³/mol. The van der Waals surface area contributed by atoms with E-state index in [9.17, 15) is 10.2 Å². The molecule has 0 spiro atoms. The zero-order chi connectivity index (χ0) is 9.42. The second kappa shape index (κ2) is 7.53. The molecule has 1 aliphatic rings. The molecule has 0 saturated heterocycles. The SMILES string of the molecule is Br.Br.Br.NC1CCc2c(ccc(O)c2O)C1. The summed E-state index contributed by atoms with van der Waals surface area (Å²) in [6, 6.07) is 3.55. The summed E-state index contributed by atoms with van der Waals surface area (Å²) in [4.78, 5) is 0. The minimum absolute atomic E-state index is 0. The Labute approximate surface area is 126 Å². The van der Waals surface area contributed by atoms with Crippen LogP contribution in [0, 0.1) is 0 Å². The smallest absolute Gasteiger partial charge is 0.160 e. The van der Waals surface area contributed by atoms with Crippen molar-refractivity contribution < 1.29 is 10.2 Å². The molecule has 1 aliphatic carbocycles. The Morgan fingerprint density at radius 2 is 1.75 bits per heavy atom. The first kappa shape index (κ1) is 18.6. The number of hydrogen-bond acceptors (Lipinski definition) is 3. The molecule has 0 fully saturated rings. The fourth-order valence-corrected chi connectivity index (χ4v) is 1.85. The number of nitrogens with two attached hydrogens (primary N) is 1. The first-order chi connectivity index (χ1) is 6.18. The topological polar surface area (TPSA) is 66.5 Å². The maximum atomic E-state index is 9.54. The van der Waals surface area contributed by atoms with Crippen LogP contribution < -0.4 is 5.73 Å². The van der Waals surface area contributed by atoms with Gasteiger partial charge in [-0.05, 0) is 30.9 Å². The predicted octanol–water partition coefficient (Wildman–Crippen LogP) is 2.65. The van der Waals surface area contributed by atoms with Crippen molar-refractivity contribution in [2.24, 2.45) is 5.73 Å². The minimum atomic E-state index is -0.0331. The zero-order valence-corrected chi connectivity index (χ0v) is 13.7. The standard InChI is InChI=1S/C10H13NO2.3BrH/c11-7-2-3-8-6(5-7)1-4-9(12)10(8)13;;;/h1,4,7,12-13H,2-3,5,11H2;3*1H. The van der Waals surface area contributed by atoms with E-state index in [0.29, 0.717) is 0 Å². The van der Waals surface area contributed by atoms with E-state index in [-0.39, 0.29) is 68.5 Å². The number of phenols is 2. The highest BCUT2D eigenvalue weighted by molar-refractivity contribution is 8.93. The fourth-order valence-electron chi connectivity index (χ4n) is 1.85. The maximum Gasteiger partial charge on any atom is 0.160 e. The van der Waals surface area contributed by atoms with Gasteiger partial charge in [0.25, 0.3) is 0 Å². The molecule has 3 nitrogen and oxygen atoms in total. The van der Waals surface area contributed by atoms with Crippen LogP contribution in [0.4, 0.5) is 0 Å². The Hall–Kier alpha value is 0.220. The molecule has 0 saturated carbocycles. The van der Waals surface area contributed by atoms with Crippen LogP contribution in [0.15, 0.2) is 12.1 Å². The van der Waals surface area contributed by atoms with Crippen LogP contribution in [0.5, 0.6) is 11.5 Å². The molecule has 0 radical (unpaired) electrons. The summed E-state index contributed by atoms with van der Waals surface area (Å²) < 4.78 is 0.